The second-order valence-corrected chi connectivity index (χ2v) is 5.10. The number of aliphatic hydroxyl groups excluding tert-OH is 1. The zero-order chi connectivity index (χ0) is 11.4. The lowest BCUT2D eigenvalue weighted by Crippen LogP contribution is -2.09. The van der Waals surface area contributed by atoms with Crippen molar-refractivity contribution in [2.75, 3.05) is 18.6 Å². The van der Waals surface area contributed by atoms with Gasteiger partial charge in [-0.15, -0.1) is 0 Å². The number of aryl methyl sites for hydroxylation is 1. The fourth-order valence-electron chi connectivity index (χ4n) is 2.08. The third kappa shape index (κ3) is 2.71. The van der Waals surface area contributed by atoms with E-state index >= 15 is 0 Å². The Labute approximate surface area is 101 Å². The molecule has 0 amide bonds. The summed E-state index contributed by atoms with van der Waals surface area (Å²) in [5.74, 6) is 1.88. The Balaban J connectivity index is 2.08. The smallest absolute Gasteiger partial charge is 0.119 e. The van der Waals surface area contributed by atoms with Gasteiger partial charge in [0, 0.05) is 5.75 Å². The minimum atomic E-state index is -0.298. The Kier molecular flexibility index (Phi) is 4.13. The van der Waals surface area contributed by atoms with Crippen LogP contribution in [0.1, 0.15) is 30.1 Å². The summed E-state index contributed by atoms with van der Waals surface area (Å²) < 4.78 is 5.63. The minimum absolute atomic E-state index is 0.298. The van der Waals surface area contributed by atoms with Crippen molar-refractivity contribution in [1.82, 2.24) is 0 Å². The lowest BCUT2D eigenvalue weighted by atomic mass is 9.89. The van der Waals surface area contributed by atoms with Crippen LogP contribution >= 0.6 is 11.8 Å². The minimum Gasteiger partial charge on any atom is -0.493 e. The van der Waals surface area contributed by atoms with Crippen LogP contribution in [0.4, 0.5) is 0 Å². The Hall–Kier alpha value is -0.670. The average Bonchev–Trinajstić information content (AvgIpc) is 2.30. The van der Waals surface area contributed by atoms with Crippen LogP contribution < -0.4 is 4.74 Å². The molecule has 0 fully saturated rings. The molecule has 1 N–H and O–H groups in total. The molecule has 0 spiro atoms. The Morgan fingerprint density at radius 1 is 1.50 bits per heavy atom. The predicted molar refractivity (Wildman–Crippen MR) is 68.2 cm³/mol. The molecule has 0 aromatic heterocycles. The molecule has 0 heterocycles. The van der Waals surface area contributed by atoms with E-state index < -0.39 is 0 Å². The van der Waals surface area contributed by atoms with Crippen LogP contribution in [0.25, 0.3) is 0 Å². The highest BCUT2D eigenvalue weighted by Gasteiger charge is 2.18. The summed E-state index contributed by atoms with van der Waals surface area (Å²) in [6, 6.07) is 6.10. The van der Waals surface area contributed by atoms with Crippen LogP contribution in [0.2, 0.25) is 0 Å². The first-order valence-corrected chi connectivity index (χ1v) is 7.13. The molecule has 0 saturated carbocycles. The quantitative estimate of drug-likeness (QED) is 0.818. The fraction of sp³-hybridized carbons (Fsp3) is 0.538. The maximum atomic E-state index is 9.90. The number of fused-ring (bicyclic) bond motifs is 1. The molecule has 3 heteroatoms. The first kappa shape index (κ1) is 11.8. The number of hydrogen-bond donors (Lipinski definition) is 1. The molecule has 0 aliphatic heterocycles. The lowest BCUT2D eigenvalue weighted by Gasteiger charge is -2.21. The number of thioether (sulfide) groups is 1. The standard InChI is InChI=1S/C13H18O2S/c1-16-8-7-15-11-6-5-10-3-2-4-13(14)12(10)9-11/h5-6,9,13-14H,2-4,7-8H2,1H3. The Morgan fingerprint density at radius 3 is 3.19 bits per heavy atom. The predicted octanol–water partition coefficient (Wildman–Crippen LogP) is 2.80. The molecule has 0 bridgehead atoms. The van der Waals surface area contributed by atoms with Crippen molar-refractivity contribution in [3.05, 3.63) is 29.3 Å². The van der Waals surface area contributed by atoms with Gasteiger partial charge in [-0.1, -0.05) is 6.07 Å². The van der Waals surface area contributed by atoms with Crippen LogP contribution in [0.3, 0.4) is 0 Å². The topological polar surface area (TPSA) is 29.5 Å². The highest BCUT2D eigenvalue weighted by Crippen LogP contribution is 2.32. The largest absolute Gasteiger partial charge is 0.493 e. The number of benzene rings is 1. The van der Waals surface area contributed by atoms with Gasteiger partial charge in [-0.05, 0) is 48.8 Å². The summed E-state index contributed by atoms with van der Waals surface area (Å²) in [5.41, 5.74) is 2.34. The van der Waals surface area contributed by atoms with E-state index in [0.29, 0.717) is 0 Å². The van der Waals surface area contributed by atoms with Gasteiger partial charge in [0.15, 0.2) is 0 Å². The van der Waals surface area contributed by atoms with Gasteiger partial charge < -0.3 is 9.84 Å². The van der Waals surface area contributed by atoms with Gasteiger partial charge in [0.25, 0.3) is 0 Å². The molecule has 2 nitrogen and oxygen atoms in total. The Bertz CT molecular complexity index is 352. The van der Waals surface area contributed by atoms with Gasteiger partial charge in [0.1, 0.15) is 5.75 Å². The van der Waals surface area contributed by atoms with Gasteiger partial charge in [0.2, 0.25) is 0 Å². The van der Waals surface area contributed by atoms with Crippen LogP contribution in [-0.2, 0) is 6.42 Å². The molecule has 1 aromatic rings. The Morgan fingerprint density at radius 2 is 2.38 bits per heavy atom. The number of ether oxygens (including phenoxy) is 1. The molecule has 1 aliphatic carbocycles. The summed E-state index contributed by atoms with van der Waals surface area (Å²) in [4.78, 5) is 0. The van der Waals surface area contributed by atoms with Crippen molar-refractivity contribution in [2.45, 2.75) is 25.4 Å². The van der Waals surface area contributed by atoms with Crippen molar-refractivity contribution >= 4 is 11.8 Å². The SMILES string of the molecule is CSCCOc1ccc2c(c1)C(O)CCC2. The van der Waals surface area contributed by atoms with E-state index in [1.807, 2.05) is 12.1 Å². The molecule has 2 rings (SSSR count). The zero-order valence-electron chi connectivity index (χ0n) is 9.61. The number of hydrogen-bond acceptors (Lipinski definition) is 3. The van der Waals surface area contributed by atoms with Crippen molar-refractivity contribution in [3.63, 3.8) is 0 Å². The molecule has 0 radical (unpaired) electrons. The van der Waals surface area contributed by atoms with Crippen molar-refractivity contribution < 1.29 is 9.84 Å². The van der Waals surface area contributed by atoms with Gasteiger partial charge in [-0.3, -0.25) is 0 Å². The van der Waals surface area contributed by atoms with E-state index in [-0.39, 0.29) is 6.10 Å². The monoisotopic (exact) mass is 238 g/mol. The maximum Gasteiger partial charge on any atom is 0.119 e. The lowest BCUT2D eigenvalue weighted by molar-refractivity contribution is 0.156. The van der Waals surface area contributed by atoms with Crippen molar-refractivity contribution in [2.24, 2.45) is 0 Å². The first-order chi connectivity index (χ1) is 7.81. The highest BCUT2D eigenvalue weighted by atomic mass is 32.2. The highest BCUT2D eigenvalue weighted by molar-refractivity contribution is 7.98. The summed E-state index contributed by atoms with van der Waals surface area (Å²) in [6.45, 7) is 0.732. The molecule has 0 saturated heterocycles. The average molecular weight is 238 g/mol. The molecule has 1 unspecified atom stereocenters. The third-order valence-electron chi connectivity index (χ3n) is 2.96. The molecule has 1 aliphatic rings. The molecular weight excluding hydrogens is 220 g/mol. The number of aliphatic hydroxyl groups is 1. The van der Waals surface area contributed by atoms with E-state index in [4.69, 9.17) is 4.74 Å². The summed E-state index contributed by atoms with van der Waals surface area (Å²) >= 11 is 1.78. The van der Waals surface area contributed by atoms with Crippen LogP contribution in [-0.4, -0.2) is 23.7 Å². The first-order valence-electron chi connectivity index (χ1n) is 5.74. The molecular formula is C13H18O2S. The summed E-state index contributed by atoms with van der Waals surface area (Å²) in [5, 5.41) is 9.90. The van der Waals surface area contributed by atoms with Gasteiger partial charge >= 0.3 is 0 Å². The van der Waals surface area contributed by atoms with Crippen LogP contribution in [0.15, 0.2) is 18.2 Å². The molecule has 1 atom stereocenters. The van der Waals surface area contributed by atoms with E-state index in [0.717, 1.165) is 42.9 Å². The molecule has 16 heavy (non-hydrogen) atoms. The van der Waals surface area contributed by atoms with Crippen molar-refractivity contribution in [3.8, 4) is 5.75 Å². The molecule has 1 aromatic carbocycles. The molecule has 88 valence electrons. The van der Waals surface area contributed by atoms with Crippen LogP contribution in [0.5, 0.6) is 5.75 Å². The van der Waals surface area contributed by atoms with Crippen LogP contribution in [0, 0.1) is 0 Å². The zero-order valence-corrected chi connectivity index (χ0v) is 10.4. The van der Waals surface area contributed by atoms with E-state index in [2.05, 4.69) is 12.3 Å². The third-order valence-corrected chi connectivity index (χ3v) is 3.53. The number of rotatable bonds is 4. The summed E-state index contributed by atoms with van der Waals surface area (Å²) in [7, 11) is 0. The second-order valence-electron chi connectivity index (χ2n) is 4.11. The fourth-order valence-corrected chi connectivity index (χ4v) is 2.33. The second kappa shape index (κ2) is 5.60. The van der Waals surface area contributed by atoms with Gasteiger partial charge in [-0.2, -0.15) is 11.8 Å². The van der Waals surface area contributed by atoms with Crippen molar-refractivity contribution in [1.29, 1.82) is 0 Å². The normalized spacial score (nSPS) is 19.2. The van der Waals surface area contributed by atoms with E-state index in [1.54, 1.807) is 11.8 Å². The summed E-state index contributed by atoms with van der Waals surface area (Å²) in [6.07, 6.45) is 4.81. The van der Waals surface area contributed by atoms with Gasteiger partial charge in [-0.25, -0.2) is 0 Å². The van der Waals surface area contributed by atoms with Gasteiger partial charge in [0.05, 0.1) is 12.7 Å². The van der Waals surface area contributed by atoms with E-state index in [9.17, 15) is 5.11 Å². The van der Waals surface area contributed by atoms with E-state index in [1.165, 1.54) is 5.56 Å². The maximum absolute atomic E-state index is 9.90.